The highest BCUT2D eigenvalue weighted by Crippen LogP contribution is 2.19. The lowest BCUT2D eigenvalue weighted by atomic mass is 10.1. The third kappa shape index (κ3) is 4.55. The van der Waals surface area contributed by atoms with Crippen LogP contribution < -0.4 is 5.32 Å². The van der Waals surface area contributed by atoms with Crippen LogP contribution >= 0.6 is 12.4 Å². The van der Waals surface area contributed by atoms with Crippen molar-refractivity contribution in [2.75, 3.05) is 52.9 Å². The normalized spacial score (nSPS) is 20.5. The average Bonchev–Trinajstić information content (AvgIpc) is 3.17. The summed E-state index contributed by atoms with van der Waals surface area (Å²) in [5.41, 5.74) is 1.18. The second-order valence-corrected chi connectivity index (χ2v) is 6.88. The summed E-state index contributed by atoms with van der Waals surface area (Å²) < 4.78 is 0. The zero-order chi connectivity index (χ0) is 17.8. The molecule has 0 aromatic heterocycles. The van der Waals surface area contributed by atoms with Gasteiger partial charge in [0.25, 0.3) is 11.8 Å². The number of nitrogens with zero attached hydrogens (tertiary/aromatic N) is 3. The van der Waals surface area contributed by atoms with Crippen LogP contribution in [0.3, 0.4) is 0 Å². The van der Waals surface area contributed by atoms with Crippen molar-refractivity contribution < 1.29 is 9.59 Å². The average molecular weight is 381 g/mol. The number of nitrogens with one attached hydrogen (secondary N) is 1. The lowest BCUT2D eigenvalue weighted by molar-refractivity contribution is 0.0773. The fourth-order valence-electron chi connectivity index (χ4n) is 3.60. The van der Waals surface area contributed by atoms with Gasteiger partial charge in [-0.1, -0.05) is 6.07 Å². The Kier molecular flexibility index (Phi) is 7.43. The van der Waals surface area contributed by atoms with E-state index in [1.807, 2.05) is 17.9 Å². The van der Waals surface area contributed by atoms with Gasteiger partial charge in [-0.2, -0.15) is 0 Å². The molecule has 1 atom stereocenters. The molecule has 2 aliphatic rings. The quantitative estimate of drug-likeness (QED) is 0.856. The van der Waals surface area contributed by atoms with Crippen molar-refractivity contribution >= 4 is 24.2 Å². The Bertz CT molecular complexity index is 634. The smallest absolute Gasteiger partial charge is 0.253 e. The minimum Gasteiger partial charge on any atom is -0.342 e. The van der Waals surface area contributed by atoms with Crippen molar-refractivity contribution in [3.63, 3.8) is 0 Å². The van der Waals surface area contributed by atoms with Gasteiger partial charge in [-0.15, -0.1) is 12.4 Å². The van der Waals surface area contributed by atoms with Crippen molar-refractivity contribution in [1.29, 1.82) is 0 Å². The van der Waals surface area contributed by atoms with E-state index in [1.165, 1.54) is 0 Å². The molecule has 1 aromatic carbocycles. The molecule has 0 spiro atoms. The molecule has 2 fully saturated rings. The molecule has 7 heteroatoms. The molecule has 0 saturated carbocycles. The minimum atomic E-state index is -0.0442. The molecule has 2 heterocycles. The first kappa shape index (κ1) is 20.7. The van der Waals surface area contributed by atoms with E-state index in [0.29, 0.717) is 23.7 Å². The minimum absolute atomic E-state index is 0. The van der Waals surface area contributed by atoms with E-state index in [-0.39, 0.29) is 24.2 Å². The maximum atomic E-state index is 12.9. The molecule has 26 heavy (non-hydrogen) atoms. The highest BCUT2D eigenvalue weighted by molar-refractivity contribution is 5.99. The Morgan fingerprint density at radius 2 is 1.88 bits per heavy atom. The van der Waals surface area contributed by atoms with Gasteiger partial charge in [-0.25, -0.2) is 0 Å². The van der Waals surface area contributed by atoms with Crippen LogP contribution in [0, 0.1) is 0 Å². The maximum absolute atomic E-state index is 12.9. The predicted octanol–water partition coefficient (Wildman–Crippen LogP) is 1.32. The molecule has 0 aliphatic carbocycles. The lowest BCUT2D eigenvalue weighted by Crippen LogP contribution is -2.49. The number of hydrogen-bond donors (Lipinski definition) is 1. The maximum Gasteiger partial charge on any atom is 0.253 e. The molecule has 6 nitrogen and oxygen atoms in total. The first-order valence-corrected chi connectivity index (χ1v) is 9.19. The molecule has 1 unspecified atom stereocenters. The molecule has 2 aliphatic heterocycles. The summed E-state index contributed by atoms with van der Waals surface area (Å²) in [6, 6.07) is 7.58. The van der Waals surface area contributed by atoms with Gasteiger partial charge in [-0.05, 0) is 31.5 Å². The second kappa shape index (κ2) is 9.35. The molecule has 1 N–H and O–H groups in total. The van der Waals surface area contributed by atoms with Crippen molar-refractivity contribution in [3.8, 4) is 0 Å². The van der Waals surface area contributed by atoms with Crippen LogP contribution in [-0.4, -0.2) is 85.4 Å². The highest BCUT2D eigenvalue weighted by atomic mass is 35.5. The van der Waals surface area contributed by atoms with Crippen LogP contribution in [0.15, 0.2) is 24.3 Å². The summed E-state index contributed by atoms with van der Waals surface area (Å²) >= 11 is 0. The monoisotopic (exact) mass is 380 g/mol. The van der Waals surface area contributed by atoms with Crippen LogP contribution in [0.5, 0.6) is 0 Å². The van der Waals surface area contributed by atoms with Crippen LogP contribution in [0.25, 0.3) is 0 Å². The number of piperazine rings is 1. The van der Waals surface area contributed by atoms with Crippen molar-refractivity contribution in [2.24, 2.45) is 0 Å². The predicted molar refractivity (Wildman–Crippen MR) is 105 cm³/mol. The van der Waals surface area contributed by atoms with E-state index in [1.54, 1.807) is 30.1 Å². The topological polar surface area (TPSA) is 55.9 Å². The van der Waals surface area contributed by atoms with Crippen molar-refractivity contribution in [1.82, 2.24) is 20.0 Å². The molecule has 0 radical (unpaired) electrons. The van der Waals surface area contributed by atoms with Gasteiger partial charge in [0.2, 0.25) is 0 Å². The highest BCUT2D eigenvalue weighted by Gasteiger charge is 2.31. The van der Waals surface area contributed by atoms with E-state index in [4.69, 9.17) is 0 Å². The number of carbonyl (C=O) groups excluding carboxylic acids is 2. The van der Waals surface area contributed by atoms with Gasteiger partial charge in [0, 0.05) is 70.0 Å². The van der Waals surface area contributed by atoms with Crippen LogP contribution in [0.2, 0.25) is 0 Å². The SMILES string of the molecule is CCN(C)C(=O)c1cccc(C(=O)N2CCC(N3CCNCC3)C2)c1.Cl. The standard InChI is InChI=1S/C19H28N4O2.ClH/c1-3-21(2)18(24)15-5-4-6-16(13-15)19(25)23-10-7-17(14-23)22-11-8-20-9-12-22;/h4-6,13,17,20H,3,7-12,14H2,1-2H3;1H. The fraction of sp³-hybridized carbons (Fsp3) is 0.579. The molecular formula is C19H29ClN4O2. The summed E-state index contributed by atoms with van der Waals surface area (Å²) in [4.78, 5) is 31.2. The lowest BCUT2D eigenvalue weighted by Gasteiger charge is -2.32. The first-order valence-electron chi connectivity index (χ1n) is 9.19. The van der Waals surface area contributed by atoms with Crippen LogP contribution in [-0.2, 0) is 0 Å². The first-order chi connectivity index (χ1) is 12.1. The van der Waals surface area contributed by atoms with Gasteiger partial charge >= 0.3 is 0 Å². The van der Waals surface area contributed by atoms with Gasteiger partial charge in [0.1, 0.15) is 0 Å². The third-order valence-corrected chi connectivity index (χ3v) is 5.30. The second-order valence-electron chi connectivity index (χ2n) is 6.88. The van der Waals surface area contributed by atoms with Crippen molar-refractivity contribution in [3.05, 3.63) is 35.4 Å². The van der Waals surface area contributed by atoms with E-state index >= 15 is 0 Å². The Morgan fingerprint density at radius 3 is 2.58 bits per heavy atom. The third-order valence-electron chi connectivity index (χ3n) is 5.30. The van der Waals surface area contributed by atoms with E-state index < -0.39 is 0 Å². The molecule has 1 aromatic rings. The number of likely N-dealkylation sites (tertiary alicyclic amines) is 1. The zero-order valence-corrected chi connectivity index (χ0v) is 16.4. The molecule has 3 rings (SSSR count). The summed E-state index contributed by atoms with van der Waals surface area (Å²) in [5.74, 6) is -0.0105. The van der Waals surface area contributed by atoms with Crippen LogP contribution in [0.1, 0.15) is 34.1 Å². The zero-order valence-electron chi connectivity index (χ0n) is 15.6. The Balaban J connectivity index is 0.00000243. The molecular weight excluding hydrogens is 352 g/mol. The van der Waals surface area contributed by atoms with E-state index in [0.717, 1.165) is 45.7 Å². The van der Waals surface area contributed by atoms with E-state index in [2.05, 4.69) is 10.2 Å². The summed E-state index contributed by atoms with van der Waals surface area (Å²) in [6.45, 7) is 8.33. The molecule has 2 saturated heterocycles. The number of halogens is 1. The number of benzene rings is 1. The largest absolute Gasteiger partial charge is 0.342 e. The molecule has 144 valence electrons. The van der Waals surface area contributed by atoms with Gasteiger partial charge < -0.3 is 15.1 Å². The summed E-state index contributed by atoms with van der Waals surface area (Å²) in [7, 11) is 1.77. The molecule has 0 bridgehead atoms. The number of hydrogen-bond acceptors (Lipinski definition) is 4. The van der Waals surface area contributed by atoms with Gasteiger partial charge in [0.05, 0.1) is 0 Å². The van der Waals surface area contributed by atoms with E-state index in [9.17, 15) is 9.59 Å². The Morgan fingerprint density at radius 1 is 1.19 bits per heavy atom. The van der Waals surface area contributed by atoms with Gasteiger partial charge in [0.15, 0.2) is 0 Å². The fourth-order valence-corrected chi connectivity index (χ4v) is 3.60. The number of carbonyl (C=O) groups is 2. The Hall–Kier alpha value is -1.63. The summed E-state index contributed by atoms with van der Waals surface area (Å²) in [5, 5.41) is 3.37. The van der Waals surface area contributed by atoms with Crippen LogP contribution in [0.4, 0.5) is 0 Å². The molecule has 2 amide bonds. The number of amides is 2. The summed E-state index contributed by atoms with van der Waals surface area (Å²) in [6.07, 6.45) is 1.03. The van der Waals surface area contributed by atoms with Crippen molar-refractivity contribution in [2.45, 2.75) is 19.4 Å². The van der Waals surface area contributed by atoms with Gasteiger partial charge in [-0.3, -0.25) is 14.5 Å². The number of rotatable bonds is 4. The Labute approximate surface area is 161 Å².